The number of carbonyl (C=O) groups excluding carboxylic acids is 2. The van der Waals surface area contributed by atoms with Gasteiger partial charge < -0.3 is 5.32 Å². The summed E-state index contributed by atoms with van der Waals surface area (Å²) in [6.07, 6.45) is 0.722. The van der Waals surface area contributed by atoms with Crippen LogP contribution in [0.3, 0.4) is 0 Å². The fourth-order valence-electron chi connectivity index (χ4n) is 1.10. The van der Waals surface area contributed by atoms with Crippen molar-refractivity contribution in [1.29, 1.82) is 0 Å². The number of benzene rings is 1. The smallest absolute Gasteiger partial charge is 0.318 e. The minimum absolute atomic E-state index is 0.581. The normalized spacial score (nSPS) is 10.9. The molecule has 0 radical (unpaired) electrons. The highest BCUT2D eigenvalue weighted by atomic mass is 16.2. The molecule has 0 saturated heterocycles. The maximum atomic E-state index is 11.5. The van der Waals surface area contributed by atoms with Gasteiger partial charge in [-0.15, -0.1) is 0 Å². The molecule has 0 unspecified atom stereocenters. The molecule has 0 heterocycles. The van der Waals surface area contributed by atoms with E-state index in [0.29, 0.717) is 5.69 Å². The molecule has 0 bridgehead atoms. The van der Waals surface area contributed by atoms with Gasteiger partial charge in [-0.1, -0.05) is 24.6 Å². The maximum Gasteiger partial charge on any atom is 0.329 e. The van der Waals surface area contributed by atoms with E-state index in [1.54, 1.807) is 19.1 Å². The van der Waals surface area contributed by atoms with Gasteiger partial charge in [-0.3, -0.25) is 9.59 Å². The van der Waals surface area contributed by atoms with Gasteiger partial charge in [-0.25, -0.2) is 5.43 Å². The Morgan fingerprint density at radius 2 is 1.78 bits per heavy atom. The molecule has 5 heteroatoms. The molecule has 1 rings (SSSR count). The van der Waals surface area contributed by atoms with Crippen molar-refractivity contribution >= 4 is 23.2 Å². The van der Waals surface area contributed by atoms with Gasteiger partial charge in [-0.2, -0.15) is 5.10 Å². The van der Waals surface area contributed by atoms with Crippen LogP contribution in [0, 0.1) is 6.92 Å². The summed E-state index contributed by atoms with van der Waals surface area (Å²) in [5.41, 5.74) is 4.62. The van der Waals surface area contributed by atoms with Crippen molar-refractivity contribution in [2.75, 3.05) is 5.32 Å². The van der Waals surface area contributed by atoms with Crippen LogP contribution in [0.2, 0.25) is 0 Å². The number of hydrazone groups is 1. The first-order valence-electron chi connectivity index (χ1n) is 5.74. The highest BCUT2D eigenvalue weighted by Gasteiger charge is 2.12. The van der Waals surface area contributed by atoms with E-state index in [4.69, 9.17) is 0 Å². The molecule has 0 aliphatic carbocycles. The number of hydrogen-bond donors (Lipinski definition) is 2. The van der Waals surface area contributed by atoms with Crippen LogP contribution >= 0.6 is 0 Å². The lowest BCUT2D eigenvalue weighted by molar-refractivity contribution is -0.136. The summed E-state index contributed by atoms with van der Waals surface area (Å²) in [5, 5.41) is 6.27. The lowest BCUT2D eigenvalue weighted by Gasteiger charge is -2.04. The quantitative estimate of drug-likeness (QED) is 0.486. The Morgan fingerprint density at radius 1 is 1.17 bits per heavy atom. The van der Waals surface area contributed by atoms with Crippen LogP contribution in [0.25, 0.3) is 0 Å². The largest absolute Gasteiger partial charge is 0.329 e. The van der Waals surface area contributed by atoms with Crippen LogP contribution in [0.15, 0.2) is 29.4 Å². The number of nitrogens with zero attached hydrogens (tertiary/aromatic N) is 1. The molecule has 2 N–H and O–H groups in total. The molecule has 0 aliphatic heterocycles. The maximum absolute atomic E-state index is 11.5. The van der Waals surface area contributed by atoms with Crippen molar-refractivity contribution in [3.63, 3.8) is 0 Å². The van der Waals surface area contributed by atoms with Gasteiger partial charge in [0.15, 0.2) is 0 Å². The second-order valence-electron chi connectivity index (χ2n) is 3.96. The Hall–Kier alpha value is -2.17. The summed E-state index contributed by atoms with van der Waals surface area (Å²) in [4.78, 5) is 22.9. The Balaban J connectivity index is 2.55. The monoisotopic (exact) mass is 247 g/mol. The zero-order chi connectivity index (χ0) is 13.5. The Kier molecular flexibility index (Phi) is 5.05. The van der Waals surface area contributed by atoms with Crippen molar-refractivity contribution in [2.45, 2.75) is 27.2 Å². The molecular formula is C13H17N3O2. The molecule has 0 atom stereocenters. The van der Waals surface area contributed by atoms with Crippen LogP contribution in [-0.4, -0.2) is 17.5 Å². The standard InChI is InChI=1S/C13H17N3O2/c1-4-10(3)15-16-13(18)12(17)14-11-7-5-9(2)6-8-11/h5-8H,4H2,1-3H3,(H,14,17)(H,16,18)/b15-10-. The van der Waals surface area contributed by atoms with Gasteiger partial charge in [0.2, 0.25) is 0 Å². The van der Waals surface area contributed by atoms with Crippen molar-refractivity contribution < 1.29 is 9.59 Å². The Bertz CT molecular complexity index is 464. The minimum atomic E-state index is -0.775. The number of carbonyl (C=O) groups is 2. The predicted molar refractivity (Wildman–Crippen MR) is 71.4 cm³/mol. The number of nitrogens with one attached hydrogen (secondary N) is 2. The highest BCUT2D eigenvalue weighted by molar-refractivity contribution is 6.39. The van der Waals surface area contributed by atoms with Crippen LogP contribution in [0.5, 0.6) is 0 Å². The molecule has 0 aliphatic rings. The van der Waals surface area contributed by atoms with Crippen LogP contribution in [0.4, 0.5) is 5.69 Å². The third-order valence-corrected chi connectivity index (χ3v) is 2.38. The van der Waals surface area contributed by atoms with E-state index in [0.717, 1.165) is 17.7 Å². The van der Waals surface area contributed by atoms with E-state index in [1.807, 2.05) is 26.0 Å². The average Bonchev–Trinajstić information content (AvgIpc) is 2.38. The number of aryl methyl sites for hydroxylation is 1. The molecule has 0 aromatic heterocycles. The van der Waals surface area contributed by atoms with E-state index in [-0.39, 0.29) is 0 Å². The van der Waals surface area contributed by atoms with E-state index in [9.17, 15) is 9.59 Å². The SMILES string of the molecule is CC/C(C)=N\NC(=O)C(=O)Nc1ccc(C)cc1. The Morgan fingerprint density at radius 3 is 2.33 bits per heavy atom. The predicted octanol–water partition coefficient (Wildman–Crippen LogP) is 1.84. The van der Waals surface area contributed by atoms with Gasteiger partial charge in [0.05, 0.1) is 0 Å². The summed E-state index contributed by atoms with van der Waals surface area (Å²) >= 11 is 0. The fourth-order valence-corrected chi connectivity index (χ4v) is 1.10. The number of anilines is 1. The van der Waals surface area contributed by atoms with Gasteiger partial charge >= 0.3 is 11.8 Å². The average molecular weight is 247 g/mol. The summed E-state index contributed by atoms with van der Waals surface area (Å²) in [5.74, 6) is -1.50. The summed E-state index contributed by atoms with van der Waals surface area (Å²) in [6.45, 7) is 5.63. The zero-order valence-corrected chi connectivity index (χ0v) is 10.8. The molecule has 18 heavy (non-hydrogen) atoms. The molecule has 0 saturated carbocycles. The zero-order valence-electron chi connectivity index (χ0n) is 10.8. The lowest BCUT2D eigenvalue weighted by atomic mass is 10.2. The molecule has 96 valence electrons. The summed E-state index contributed by atoms with van der Waals surface area (Å²) in [6, 6.07) is 7.18. The minimum Gasteiger partial charge on any atom is -0.318 e. The Labute approximate surface area is 106 Å². The lowest BCUT2D eigenvalue weighted by Crippen LogP contribution is -2.32. The van der Waals surface area contributed by atoms with Crippen LogP contribution in [0.1, 0.15) is 25.8 Å². The van der Waals surface area contributed by atoms with Gasteiger partial charge in [0.25, 0.3) is 0 Å². The van der Waals surface area contributed by atoms with E-state index < -0.39 is 11.8 Å². The van der Waals surface area contributed by atoms with Crippen LogP contribution in [-0.2, 0) is 9.59 Å². The van der Waals surface area contributed by atoms with E-state index >= 15 is 0 Å². The molecule has 5 nitrogen and oxygen atoms in total. The van der Waals surface area contributed by atoms with Gasteiger partial charge in [0.1, 0.15) is 0 Å². The first-order chi connectivity index (χ1) is 8.52. The van der Waals surface area contributed by atoms with Crippen LogP contribution < -0.4 is 10.7 Å². The second kappa shape index (κ2) is 6.54. The topological polar surface area (TPSA) is 70.6 Å². The number of amides is 2. The molecule has 1 aromatic rings. The first-order valence-corrected chi connectivity index (χ1v) is 5.74. The molecule has 0 spiro atoms. The number of rotatable bonds is 3. The number of hydrogen-bond acceptors (Lipinski definition) is 3. The molecule has 1 aromatic carbocycles. The molecule has 0 fully saturated rings. The van der Waals surface area contributed by atoms with E-state index in [2.05, 4.69) is 15.8 Å². The third-order valence-electron chi connectivity index (χ3n) is 2.38. The second-order valence-corrected chi connectivity index (χ2v) is 3.96. The summed E-state index contributed by atoms with van der Waals surface area (Å²) in [7, 11) is 0. The van der Waals surface area contributed by atoms with Crippen molar-refractivity contribution in [3.05, 3.63) is 29.8 Å². The van der Waals surface area contributed by atoms with Gasteiger partial charge in [-0.05, 0) is 32.4 Å². The third kappa shape index (κ3) is 4.37. The molecule has 2 amide bonds. The summed E-state index contributed by atoms with van der Waals surface area (Å²) < 4.78 is 0. The van der Waals surface area contributed by atoms with Crippen molar-refractivity contribution in [2.24, 2.45) is 5.10 Å². The fraction of sp³-hybridized carbons (Fsp3) is 0.308. The molecular weight excluding hydrogens is 230 g/mol. The first kappa shape index (κ1) is 13.9. The van der Waals surface area contributed by atoms with Crippen molar-refractivity contribution in [3.8, 4) is 0 Å². The van der Waals surface area contributed by atoms with E-state index in [1.165, 1.54) is 0 Å². The van der Waals surface area contributed by atoms with Crippen molar-refractivity contribution in [1.82, 2.24) is 5.43 Å². The van der Waals surface area contributed by atoms with Gasteiger partial charge in [0, 0.05) is 11.4 Å². The highest BCUT2D eigenvalue weighted by Crippen LogP contribution is 2.08.